The molecule has 0 saturated heterocycles. The van der Waals surface area contributed by atoms with Gasteiger partial charge in [0.15, 0.2) is 23.3 Å². The summed E-state index contributed by atoms with van der Waals surface area (Å²) >= 11 is 0. The summed E-state index contributed by atoms with van der Waals surface area (Å²) in [5, 5.41) is 51.9. The molecule has 0 amide bonds. The molecule has 8 heterocycles. The molecule has 12 rings (SSSR count). The van der Waals surface area contributed by atoms with Gasteiger partial charge >= 0.3 is 0 Å². The van der Waals surface area contributed by atoms with E-state index in [1.165, 1.54) is 0 Å². The minimum atomic E-state index is -0.105. The van der Waals surface area contributed by atoms with E-state index in [1.54, 1.807) is 56.9 Å². The highest BCUT2D eigenvalue weighted by Gasteiger charge is 2.24. The molecule has 32 nitrogen and oxygen atoms in total. The van der Waals surface area contributed by atoms with Crippen LogP contribution in [-0.4, -0.2) is 186 Å². The number of nitrogen functional groups attached to an aromatic ring is 4. The van der Waals surface area contributed by atoms with Crippen LogP contribution in [0, 0.1) is 0 Å². The smallest absolute Gasteiger partial charge is 0.222 e. The number of aliphatic hydroxyl groups excluding tert-OH is 4. The number of hydrogen-bond donors (Lipinski definition) is 12. The molecule has 0 aliphatic carbocycles. The first kappa shape index (κ1) is 100.0. The Kier molecular flexibility index (Phi) is 42.0. The normalized spacial score (nSPS) is 11.7. The Morgan fingerprint density at radius 1 is 0.300 bits per heavy atom. The van der Waals surface area contributed by atoms with Gasteiger partial charge in [-0.3, -0.25) is 0 Å². The third-order valence-corrected chi connectivity index (χ3v) is 19.8. The molecule has 0 fully saturated rings. The van der Waals surface area contributed by atoms with E-state index in [-0.39, 0.29) is 128 Å². The molecule has 0 saturated carbocycles. The number of anilines is 8. The van der Waals surface area contributed by atoms with Crippen LogP contribution in [0.15, 0.2) is 122 Å². The second-order valence-corrected chi connectivity index (χ2v) is 27.6. The molecule has 16 N–H and O–H groups in total. The van der Waals surface area contributed by atoms with Crippen LogP contribution in [0.4, 0.5) is 47.1 Å². The van der Waals surface area contributed by atoms with Crippen LogP contribution in [0.3, 0.4) is 0 Å². The minimum absolute atomic E-state index is 0. The van der Waals surface area contributed by atoms with E-state index in [4.69, 9.17) is 60.8 Å². The summed E-state index contributed by atoms with van der Waals surface area (Å²) in [6, 6.07) is 30.5. The molecular formula is C84H124N20O12S4. The first-order valence-electron chi connectivity index (χ1n) is 39.2. The average Bonchev–Trinajstić information content (AvgIpc) is 1.69. The topological polar surface area (TPSA) is 430 Å². The van der Waals surface area contributed by atoms with Crippen molar-refractivity contribution in [3.63, 3.8) is 0 Å². The lowest BCUT2D eigenvalue weighted by Gasteiger charge is -2.20. The summed E-state index contributed by atoms with van der Waals surface area (Å²) in [5.74, 6) is 9.35. The molecule has 656 valence electrons. The van der Waals surface area contributed by atoms with Crippen molar-refractivity contribution in [3.05, 3.63) is 144 Å². The Morgan fingerprint density at radius 2 is 0.517 bits per heavy atom. The van der Waals surface area contributed by atoms with Crippen LogP contribution in [0.25, 0.3) is 44.1 Å². The highest BCUT2D eigenvalue weighted by Crippen LogP contribution is 2.38. The summed E-state index contributed by atoms with van der Waals surface area (Å²) < 4.78 is 52.5. The van der Waals surface area contributed by atoms with Gasteiger partial charge < -0.3 is 121 Å². The average molecular weight is 1730 g/mol. The second kappa shape index (κ2) is 50.5. The fourth-order valence-electron chi connectivity index (χ4n) is 14.1. The number of hydrogen-bond acceptors (Lipinski definition) is 28. The Labute approximate surface area is 730 Å². The number of nitrogens with zero attached hydrogens (tertiary/aromatic N) is 12. The second-order valence-electron chi connectivity index (χ2n) is 27.6. The van der Waals surface area contributed by atoms with E-state index in [0.717, 1.165) is 177 Å². The van der Waals surface area contributed by atoms with E-state index in [1.807, 2.05) is 131 Å². The number of nitrogens with two attached hydrogens (primary N) is 4. The predicted molar refractivity (Wildman–Crippen MR) is 500 cm³/mol. The lowest BCUT2D eigenvalue weighted by atomic mass is 10.1. The Balaban J connectivity index is 0.000000282. The fourth-order valence-corrected chi connectivity index (χ4v) is 14.1. The molecule has 8 aromatic heterocycles. The first-order valence-corrected chi connectivity index (χ1v) is 39.2. The zero-order chi connectivity index (χ0) is 83.2. The minimum Gasteiger partial charge on any atom is -0.496 e. The molecule has 36 heteroatoms. The summed E-state index contributed by atoms with van der Waals surface area (Å²) in [4.78, 5) is 35.2. The lowest BCUT2D eigenvalue weighted by Crippen LogP contribution is -2.25. The van der Waals surface area contributed by atoms with Gasteiger partial charge in [-0.1, -0.05) is 90.5 Å². The highest BCUT2D eigenvalue weighted by atomic mass is 32.1. The molecule has 12 aromatic rings. The monoisotopic (exact) mass is 1730 g/mol. The van der Waals surface area contributed by atoms with Crippen LogP contribution >= 0.6 is 54.0 Å². The number of ether oxygens (including phenoxy) is 8. The zero-order valence-corrected chi connectivity index (χ0v) is 74.7. The van der Waals surface area contributed by atoms with Crippen LogP contribution in [0.1, 0.15) is 127 Å². The third-order valence-electron chi connectivity index (χ3n) is 19.8. The van der Waals surface area contributed by atoms with E-state index < -0.39 is 0 Å². The highest BCUT2D eigenvalue weighted by molar-refractivity contribution is 7.59. The van der Waals surface area contributed by atoms with Gasteiger partial charge in [-0.2, -0.15) is 73.9 Å². The van der Waals surface area contributed by atoms with Crippen molar-refractivity contribution in [2.75, 3.05) is 128 Å². The van der Waals surface area contributed by atoms with Gasteiger partial charge in [0.05, 0.1) is 153 Å². The number of aromatic nitrogens is 12. The number of fused-ring (bicyclic) bond motifs is 4. The fraction of sp³-hybridized carbons (Fsp3) is 0.429. The van der Waals surface area contributed by atoms with Crippen molar-refractivity contribution in [1.82, 2.24) is 58.1 Å². The zero-order valence-electron chi connectivity index (χ0n) is 70.7. The standard InChI is InChI=1S/C22H31N5O3.2C21H29N5O3.C20H27N5O3.4H2S/c1-4-5-7-15(11-13-28)24-21-20-17(25-22(23)26-21)10-12-27(20)14-16-18(29-2)8-6-9-19(16)30-3;1-4-6-14(10-12-27)23-20-19-16(24-21(22)25-20)9-11-26(19)13-15-17(28-2)7-5-8-18(15)29-3;1-4-5-7-14(13-27)23-20-19-16(24-21(22)25-20)10-11-26(19)12-15-17(28-2)8-6-9-18(15)29-3;1-4-6-13(12-26)22-19-18-15(23-20(21)24-19)9-10-25(18)11-14-16(27-2)7-5-8-17(14)28-3;;;;/h6,8-10,12,15,28H,4-5,7,11,13-14H2,1-3H3,(H3,23,24,25,26);5,7-9,11,14,27H,4,6,10,12-13H2,1-3H3,(H3,22,23,24,25);6,8-11,14,27H,4-5,7,12-13H2,1-3H3,(H3,22,23,24,25);5,7-10,13,26H,4,6,11-12H2,1-3H3,(H3,21,22,23,24);4*1H2/t15-;2*14-;13-;;;;/m0000..../s1. The molecule has 4 aromatic carbocycles. The van der Waals surface area contributed by atoms with Gasteiger partial charge in [-0.15, -0.1) is 0 Å². The summed E-state index contributed by atoms with van der Waals surface area (Å²) in [5.41, 5.74) is 33.8. The van der Waals surface area contributed by atoms with Gasteiger partial charge in [-0.25, -0.2) is 19.9 Å². The summed E-state index contributed by atoms with van der Waals surface area (Å²) in [6.45, 7) is 10.8. The van der Waals surface area contributed by atoms with Crippen LogP contribution in [0.2, 0.25) is 0 Å². The predicted octanol–water partition coefficient (Wildman–Crippen LogP) is 12.6. The van der Waals surface area contributed by atoms with Crippen molar-refractivity contribution in [2.45, 2.75) is 155 Å². The number of methoxy groups -OCH3 is 8. The van der Waals surface area contributed by atoms with Crippen LogP contribution in [-0.2, 0) is 26.2 Å². The van der Waals surface area contributed by atoms with Gasteiger partial charge in [0.25, 0.3) is 0 Å². The van der Waals surface area contributed by atoms with E-state index in [2.05, 4.69) is 98.0 Å². The molecular weight excluding hydrogens is 1610 g/mol. The Hall–Kier alpha value is -10.6. The van der Waals surface area contributed by atoms with Crippen LogP contribution in [0.5, 0.6) is 46.0 Å². The summed E-state index contributed by atoms with van der Waals surface area (Å²) in [6.07, 6.45) is 18.8. The third kappa shape index (κ3) is 25.7. The number of benzene rings is 4. The molecule has 0 bridgehead atoms. The molecule has 0 unspecified atom stereocenters. The van der Waals surface area contributed by atoms with Gasteiger partial charge in [0, 0.05) is 50.1 Å². The Bertz CT molecular complexity index is 5000. The molecule has 0 aliphatic rings. The van der Waals surface area contributed by atoms with Crippen molar-refractivity contribution in [3.8, 4) is 46.0 Å². The number of nitrogens with one attached hydrogen (secondary N) is 4. The Morgan fingerprint density at radius 3 is 0.733 bits per heavy atom. The number of unbranched alkanes of at least 4 members (excludes halogenated alkanes) is 2. The largest absolute Gasteiger partial charge is 0.496 e. The van der Waals surface area contributed by atoms with Crippen molar-refractivity contribution < 1.29 is 58.3 Å². The first-order chi connectivity index (χ1) is 56.4. The van der Waals surface area contributed by atoms with Crippen LogP contribution < -0.4 is 82.1 Å². The lowest BCUT2D eigenvalue weighted by molar-refractivity contribution is 0.267. The van der Waals surface area contributed by atoms with Crippen molar-refractivity contribution in [2.24, 2.45) is 0 Å². The van der Waals surface area contributed by atoms with Gasteiger partial charge in [-0.05, 0) is 111 Å². The van der Waals surface area contributed by atoms with Gasteiger partial charge in [0.1, 0.15) is 68.1 Å². The molecule has 0 spiro atoms. The maximum absolute atomic E-state index is 9.77. The SMILES string of the molecule is CCCC[C@@H](CCO)Nc1nc(N)nc2ccn(Cc3c(OC)cccc3OC)c12.CCCC[C@@H](CO)Nc1nc(N)nc2ccn(Cc3c(OC)cccc3OC)c12.CCC[C@@H](CCO)Nc1nc(N)nc2ccn(Cc3c(OC)cccc3OC)c12.CCC[C@@H](CO)Nc1nc(N)nc2ccn(Cc3c(OC)cccc3OC)c12.S.S.S.S. The van der Waals surface area contributed by atoms with Crippen molar-refractivity contribution in [1.29, 1.82) is 0 Å². The maximum Gasteiger partial charge on any atom is 0.222 e. The van der Waals surface area contributed by atoms with Gasteiger partial charge in [0.2, 0.25) is 23.8 Å². The van der Waals surface area contributed by atoms with Crippen molar-refractivity contribution >= 4 is 145 Å². The molecule has 4 atom stereocenters. The molecule has 0 radical (unpaired) electrons. The maximum atomic E-state index is 9.77. The van der Waals surface area contributed by atoms with E-state index in [0.29, 0.717) is 62.3 Å². The quantitative estimate of drug-likeness (QED) is 0.0170. The van der Waals surface area contributed by atoms with E-state index in [9.17, 15) is 20.4 Å². The molecule has 0 aliphatic heterocycles. The van der Waals surface area contributed by atoms with E-state index >= 15 is 0 Å². The summed E-state index contributed by atoms with van der Waals surface area (Å²) in [7, 11) is 13.1. The number of rotatable bonds is 40. The molecule has 120 heavy (non-hydrogen) atoms. The number of aliphatic hydroxyl groups is 4.